The summed E-state index contributed by atoms with van der Waals surface area (Å²) in [5, 5.41) is 2.59. The molecule has 0 atom stereocenters. The molecule has 0 spiro atoms. The topological polar surface area (TPSA) is 29.1 Å². The fraction of sp³-hybridized carbons (Fsp3) is 0.133. The van der Waals surface area contributed by atoms with E-state index in [1.807, 2.05) is 0 Å². The van der Waals surface area contributed by atoms with E-state index in [-0.39, 0.29) is 18.1 Å². The number of benzene rings is 2. The van der Waals surface area contributed by atoms with Gasteiger partial charge < -0.3 is 5.32 Å². The molecule has 0 radical (unpaired) electrons. The molecule has 2 nitrogen and oxygen atoms in total. The molecular formula is C15H13F2NO. The molecule has 0 fully saturated rings. The van der Waals surface area contributed by atoms with Gasteiger partial charge >= 0.3 is 0 Å². The Labute approximate surface area is 110 Å². The monoisotopic (exact) mass is 261 g/mol. The third-order valence-electron chi connectivity index (χ3n) is 2.64. The van der Waals surface area contributed by atoms with E-state index in [1.54, 1.807) is 18.2 Å². The SMILES string of the molecule is O=C(CCc1cccc(F)c1)Nc1cccc(F)c1. The van der Waals surface area contributed by atoms with E-state index in [1.165, 1.54) is 30.3 Å². The van der Waals surface area contributed by atoms with Gasteiger partial charge in [0, 0.05) is 12.1 Å². The lowest BCUT2D eigenvalue weighted by Gasteiger charge is -2.05. The zero-order valence-corrected chi connectivity index (χ0v) is 10.2. The Bertz CT molecular complexity index is 584. The number of rotatable bonds is 4. The van der Waals surface area contributed by atoms with E-state index >= 15 is 0 Å². The van der Waals surface area contributed by atoms with Gasteiger partial charge in [0.2, 0.25) is 5.91 Å². The minimum absolute atomic E-state index is 0.222. The van der Waals surface area contributed by atoms with Gasteiger partial charge in [-0.05, 0) is 42.3 Å². The fourth-order valence-corrected chi connectivity index (χ4v) is 1.74. The van der Waals surface area contributed by atoms with E-state index in [9.17, 15) is 13.6 Å². The van der Waals surface area contributed by atoms with Crippen molar-refractivity contribution in [3.05, 3.63) is 65.7 Å². The van der Waals surface area contributed by atoms with E-state index in [0.717, 1.165) is 5.56 Å². The van der Waals surface area contributed by atoms with Gasteiger partial charge in [-0.25, -0.2) is 8.78 Å². The Hall–Kier alpha value is -2.23. The molecule has 0 aliphatic heterocycles. The molecule has 0 aliphatic carbocycles. The Morgan fingerprint density at radius 3 is 2.37 bits per heavy atom. The summed E-state index contributed by atoms with van der Waals surface area (Å²) in [4.78, 5) is 11.7. The van der Waals surface area contributed by atoms with Crippen molar-refractivity contribution in [1.82, 2.24) is 0 Å². The molecular weight excluding hydrogens is 248 g/mol. The first-order chi connectivity index (χ1) is 9.13. The van der Waals surface area contributed by atoms with Crippen molar-refractivity contribution < 1.29 is 13.6 Å². The third-order valence-corrected chi connectivity index (χ3v) is 2.64. The van der Waals surface area contributed by atoms with Crippen molar-refractivity contribution in [3.63, 3.8) is 0 Å². The molecule has 2 aromatic carbocycles. The van der Waals surface area contributed by atoms with Crippen LogP contribution in [0.25, 0.3) is 0 Å². The quantitative estimate of drug-likeness (QED) is 0.896. The van der Waals surface area contributed by atoms with Crippen LogP contribution >= 0.6 is 0 Å². The highest BCUT2D eigenvalue weighted by Crippen LogP contribution is 2.11. The summed E-state index contributed by atoms with van der Waals surface area (Å²) in [5.74, 6) is -0.944. The lowest BCUT2D eigenvalue weighted by atomic mass is 10.1. The van der Waals surface area contributed by atoms with Crippen molar-refractivity contribution in [2.75, 3.05) is 5.32 Å². The van der Waals surface area contributed by atoms with E-state index in [0.29, 0.717) is 12.1 Å². The minimum atomic E-state index is -0.400. The number of amides is 1. The van der Waals surface area contributed by atoms with Crippen molar-refractivity contribution in [2.24, 2.45) is 0 Å². The average molecular weight is 261 g/mol. The molecule has 2 aromatic rings. The van der Waals surface area contributed by atoms with Gasteiger partial charge in [-0.1, -0.05) is 18.2 Å². The lowest BCUT2D eigenvalue weighted by molar-refractivity contribution is -0.116. The predicted octanol–water partition coefficient (Wildman–Crippen LogP) is 3.54. The van der Waals surface area contributed by atoms with Crippen LogP contribution in [0.1, 0.15) is 12.0 Å². The maximum absolute atomic E-state index is 12.9. The highest BCUT2D eigenvalue weighted by Gasteiger charge is 2.04. The van der Waals surface area contributed by atoms with E-state index < -0.39 is 5.82 Å². The Morgan fingerprint density at radius 2 is 1.68 bits per heavy atom. The number of carbonyl (C=O) groups is 1. The maximum Gasteiger partial charge on any atom is 0.224 e. The number of halogens is 2. The molecule has 19 heavy (non-hydrogen) atoms. The van der Waals surface area contributed by atoms with Crippen molar-refractivity contribution in [2.45, 2.75) is 12.8 Å². The van der Waals surface area contributed by atoms with Gasteiger partial charge in [0.25, 0.3) is 0 Å². The average Bonchev–Trinajstić information content (AvgIpc) is 2.36. The minimum Gasteiger partial charge on any atom is -0.326 e. The first kappa shape index (κ1) is 13.2. The van der Waals surface area contributed by atoms with Crippen molar-refractivity contribution in [1.29, 1.82) is 0 Å². The number of aryl methyl sites for hydroxylation is 1. The normalized spacial score (nSPS) is 10.2. The molecule has 1 amide bonds. The summed E-state index contributed by atoms with van der Waals surface area (Å²) in [6.45, 7) is 0. The van der Waals surface area contributed by atoms with Crippen LogP contribution in [0, 0.1) is 11.6 Å². The smallest absolute Gasteiger partial charge is 0.224 e. The largest absolute Gasteiger partial charge is 0.326 e. The van der Waals surface area contributed by atoms with Gasteiger partial charge in [0.15, 0.2) is 0 Å². The number of hydrogen-bond donors (Lipinski definition) is 1. The summed E-state index contributed by atoms with van der Waals surface area (Å²) < 4.78 is 25.9. The van der Waals surface area contributed by atoms with Crippen LogP contribution in [0.15, 0.2) is 48.5 Å². The van der Waals surface area contributed by atoms with Crippen LogP contribution in [0.2, 0.25) is 0 Å². The summed E-state index contributed by atoms with van der Waals surface area (Å²) in [6, 6.07) is 11.8. The highest BCUT2D eigenvalue weighted by atomic mass is 19.1. The molecule has 98 valence electrons. The highest BCUT2D eigenvalue weighted by molar-refractivity contribution is 5.90. The van der Waals surface area contributed by atoms with E-state index in [4.69, 9.17) is 0 Å². The van der Waals surface area contributed by atoms with Gasteiger partial charge in [0.05, 0.1) is 0 Å². The second-order valence-corrected chi connectivity index (χ2v) is 4.19. The fourth-order valence-electron chi connectivity index (χ4n) is 1.74. The number of carbonyl (C=O) groups excluding carboxylic acids is 1. The van der Waals surface area contributed by atoms with E-state index in [2.05, 4.69) is 5.32 Å². The van der Waals surface area contributed by atoms with Crippen LogP contribution in [0.3, 0.4) is 0 Å². The van der Waals surface area contributed by atoms with Crippen LogP contribution in [0.5, 0.6) is 0 Å². The van der Waals surface area contributed by atoms with Gasteiger partial charge in [-0.2, -0.15) is 0 Å². The Morgan fingerprint density at radius 1 is 1.00 bits per heavy atom. The molecule has 4 heteroatoms. The number of nitrogens with one attached hydrogen (secondary N) is 1. The predicted molar refractivity (Wildman–Crippen MR) is 69.8 cm³/mol. The van der Waals surface area contributed by atoms with Gasteiger partial charge in [0.1, 0.15) is 11.6 Å². The zero-order chi connectivity index (χ0) is 13.7. The number of anilines is 1. The van der Waals surface area contributed by atoms with Crippen LogP contribution in [-0.4, -0.2) is 5.91 Å². The Balaban J connectivity index is 1.88. The lowest BCUT2D eigenvalue weighted by Crippen LogP contribution is -2.12. The molecule has 2 rings (SSSR count). The van der Waals surface area contributed by atoms with Crippen molar-refractivity contribution in [3.8, 4) is 0 Å². The molecule has 0 unspecified atom stereocenters. The van der Waals surface area contributed by atoms with Crippen LogP contribution in [0.4, 0.5) is 14.5 Å². The van der Waals surface area contributed by atoms with Crippen LogP contribution < -0.4 is 5.32 Å². The van der Waals surface area contributed by atoms with Gasteiger partial charge in [-0.3, -0.25) is 4.79 Å². The summed E-state index contributed by atoms with van der Waals surface area (Å²) in [5.41, 5.74) is 1.18. The molecule has 0 saturated carbocycles. The number of hydrogen-bond acceptors (Lipinski definition) is 1. The second-order valence-electron chi connectivity index (χ2n) is 4.19. The second kappa shape index (κ2) is 6.09. The summed E-state index contributed by atoms with van der Waals surface area (Å²) in [7, 11) is 0. The summed E-state index contributed by atoms with van der Waals surface area (Å²) in [6.07, 6.45) is 0.666. The van der Waals surface area contributed by atoms with Gasteiger partial charge in [-0.15, -0.1) is 0 Å². The standard InChI is InChI=1S/C15H13F2NO/c16-12-4-1-3-11(9-12)7-8-15(19)18-14-6-2-5-13(17)10-14/h1-6,9-10H,7-8H2,(H,18,19). The first-order valence-corrected chi connectivity index (χ1v) is 5.93. The molecule has 0 aliphatic rings. The molecule has 1 N–H and O–H groups in total. The molecule has 0 aromatic heterocycles. The van der Waals surface area contributed by atoms with Crippen LogP contribution in [-0.2, 0) is 11.2 Å². The first-order valence-electron chi connectivity index (χ1n) is 5.93. The maximum atomic E-state index is 12.9. The molecule has 0 bridgehead atoms. The third kappa shape index (κ3) is 4.17. The van der Waals surface area contributed by atoms with Crippen molar-refractivity contribution >= 4 is 11.6 Å². The molecule has 0 heterocycles. The summed E-state index contributed by atoms with van der Waals surface area (Å²) >= 11 is 0. The molecule has 0 saturated heterocycles. The Kier molecular flexibility index (Phi) is 4.23. The zero-order valence-electron chi connectivity index (χ0n) is 10.2.